The van der Waals surface area contributed by atoms with Gasteiger partial charge in [-0.1, -0.05) is 30.3 Å². The van der Waals surface area contributed by atoms with Crippen molar-refractivity contribution in [3.05, 3.63) is 35.9 Å². The molecule has 0 spiro atoms. The van der Waals surface area contributed by atoms with Crippen LogP contribution in [0.1, 0.15) is 24.8 Å². The Balaban J connectivity index is 0.00000162. The molecular weight excluding hydrogens is 248 g/mol. The molecule has 4 heteroatoms. The molecule has 2 rings (SSSR count). The fourth-order valence-electron chi connectivity index (χ4n) is 2.05. The average Bonchev–Trinajstić information content (AvgIpc) is 3.19. The van der Waals surface area contributed by atoms with Crippen LogP contribution >= 0.6 is 12.4 Å². The lowest BCUT2D eigenvalue weighted by Crippen LogP contribution is -2.41. The lowest BCUT2D eigenvalue weighted by Gasteiger charge is -2.15. The van der Waals surface area contributed by atoms with Crippen LogP contribution in [0.3, 0.4) is 0 Å². The molecule has 0 bridgehead atoms. The van der Waals surface area contributed by atoms with Crippen LogP contribution in [0.4, 0.5) is 0 Å². The van der Waals surface area contributed by atoms with Crippen LogP contribution in [0.5, 0.6) is 0 Å². The smallest absolute Gasteiger partial charge is 0.220 e. The number of carbonyl (C=O) groups is 1. The van der Waals surface area contributed by atoms with Crippen molar-refractivity contribution < 1.29 is 4.79 Å². The van der Waals surface area contributed by atoms with Gasteiger partial charge in [-0.3, -0.25) is 4.79 Å². The second kappa shape index (κ2) is 7.39. The molecule has 1 aliphatic rings. The van der Waals surface area contributed by atoms with E-state index in [1.165, 1.54) is 18.4 Å². The Labute approximate surface area is 115 Å². The standard InChI is InChI=1S/C14H20N2O.ClH/c15-10-13(12-7-8-12)16-14(17)9-6-11-4-2-1-3-5-11;/h1-5,12-13H,6-10,15H2,(H,16,17);1H. The van der Waals surface area contributed by atoms with Gasteiger partial charge < -0.3 is 11.1 Å². The molecule has 1 aromatic rings. The molecule has 0 saturated heterocycles. The van der Waals surface area contributed by atoms with E-state index in [0.29, 0.717) is 18.9 Å². The highest BCUT2D eigenvalue weighted by atomic mass is 35.5. The third-order valence-electron chi connectivity index (χ3n) is 3.27. The third kappa shape index (κ3) is 4.67. The highest BCUT2D eigenvalue weighted by molar-refractivity contribution is 5.85. The molecule has 0 heterocycles. The summed E-state index contributed by atoms with van der Waals surface area (Å²) in [5.74, 6) is 0.747. The van der Waals surface area contributed by atoms with E-state index in [0.717, 1.165) is 6.42 Å². The van der Waals surface area contributed by atoms with Crippen molar-refractivity contribution in [1.82, 2.24) is 5.32 Å². The van der Waals surface area contributed by atoms with Crippen LogP contribution in [0.15, 0.2) is 30.3 Å². The maximum atomic E-state index is 11.8. The first-order valence-electron chi connectivity index (χ1n) is 6.33. The van der Waals surface area contributed by atoms with E-state index >= 15 is 0 Å². The van der Waals surface area contributed by atoms with Crippen LogP contribution in [0.2, 0.25) is 0 Å². The zero-order valence-electron chi connectivity index (χ0n) is 10.5. The Morgan fingerprint density at radius 2 is 2.00 bits per heavy atom. The predicted octanol–water partition coefficient (Wildman–Crippen LogP) is 1.89. The normalized spacial score (nSPS) is 15.6. The largest absolute Gasteiger partial charge is 0.352 e. The number of hydrogen-bond donors (Lipinski definition) is 2. The maximum absolute atomic E-state index is 11.8. The molecule has 0 aromatic heterocycles. The number of benzene rings is 1. The lowest BCUT2D eigenvalue weighted by atomic mass is 10.1. The highest BCUT2D eigenvalue weighted by Crippen LogP contribution is 2.32. The molecule has 1 unspecified atom stereocenters. The maximum Gasteiger partial charge on any atom is 0.220 e. The highest BCUT2D eigenvalue weighted by Gasteiger charge is 2.30. The van der Waals surface area contributed by atoms with Crippen molar-refractivity contribution in [2.75, 3.05) is 6.54 Å². The minimum atomic E-state index is 0. The summed E-state index contributed by atoms with van der Waals surface area (Å²) < 4.78 is 0. The SMILES string of the molecule is Cl.NCC(NC(=O)CCc1ccccc1)C1CC1. The van der Waals surface area contributed by atoms with Gasteiger partial charge in [-0.25, -0.2) is 0 Å². The number of rotatable bonds is 6. The zero-order chi connectivity index (χ0) is 12.1. The van der Waals surface area contributed by atoms with Crippen molar-refractivity contribution in [1.29, 1.82) is 0 Å². The number of aryl methyl sites for hydroxylation is 1. The van der Waals surface area contributed by atoms with Crippen LogP contribution in [0, 0.1) is 5.92 Å². The quantitative estimate of drug-likeness (QED) is 0.828. The summed E-state index contributed by atoms with van der Waals surface area (Å²) in [6, 6.07) is 10.3. The van der Waals surface area contributed by atoms with Gasteiger partial charge >= 0.3 is 0 Å². The van der Waals surface area contributed by atoms with E-state index in [-0.39, 0.29) is 24.4 Å². The summed E-state index contributed by atoms with van der Waals surface area (Å²) in [5, 5.41) is 3.03. The second-order valence-electron chi connectivity index (χ2n) is 4.73. The lowest BCUT2D eigenvalue weighted by molar-refractivity contribution is -0.121. The Morgan fingerprint density at radius 1 is 1.33 bits per heavy atom. The van der Waals surface area contributed by atoms with Crippen LogP contribution in [-0.2, 0) is 11.2 Å². The number of nitrogens with one attached hydrogen (secondary N) is 1. The first-order chi connectivity index (χ1) is 8.29. The number of carbonyl (C=O) groups excluding carboxylic acids is 1. The first-order valence-corrected chi connectivity index (χ1v) is 6.33. The van der Waals surface area contributed by atoms with Gasteiger partial charge in [0, 0.05) is 19.0 Å². The van der Waals surface area contributed by atoms with Crippen LogP contribution in [-0.4, -0.2) is 18.5 Å². The minimum Gasteiger partial charge on any atom is -0.352 e. The van der Waals surface area contributed by atoms with Gasteiger partial charge in [0.05, 0.1) is 0 Å². The van der Waals surface area contributed by atoms with E-state index in [4.69, 9.17) is 5.73 Å². The van der Waals surface area contributed by atoms with Gasteiger partial charge in [-0.15, -0.1) is 12.4 Å². The summed E-state index contributed by atoms with van der Waals surface area (Å²) in [6.45, 7) is 0.557. The number of halogens is 1. The molecule has 0 aliphatic heterocycles. The van der Waals surface area contributed by atoms with Crippen molar-refractivity contribution in [2.24, 2.45) is 11.7 Å². The zero-order valence-corrected chi connectivity index (χ0v) is 11.3. The average molecular weight is 269 g/mol. The monoisotopic (exact) mass is 268 g/mol. The van der Waals surface area contributed by atoms with Gasteiger partial charge in [0.15, 0.2) is 0 Å². The molecule has 1 atom stereocenters. The Bertz CT molecular complexity index is 365. The molecular formula is C14H21ClN2O. The fraction of sp³-hybridized carbons (Fsp3) is 0.500. The van der Waals surface area contributed by atoms with E-state index in [9.17, 15) is 4.79 Å². The van der Waals surface area contributed by atoms with Crippen molar-refractivity contribution in [3.63, 3.8) is 0 Å². The van der Waals surface area contributed by atoms with E-state index in [2.05, 4.69) is 17.4 Å². The molecule has 1 saturated carbocycles. The minimum absolute atomic E-state index is 0. The third-order valence-corrected chi connectivity index (χ3v) is 3.27. The van der Waals surface area contributed by atoms with Crippen LogP contribution < -0.4 is 11.1 Å². The summed E-state index contributed by atoms with van der Waals surface area (Å²) in [6.07, 6.45) is 3.77. The Kier molecular flexibility index (Phi) is 6.16. The Hall–Kier alpha value is -1.06. The Morgan fingerprint density at radius 3 is 2.56 bits per heavy atom. The molecule has 1 amide bonds. The molecule has 3 nitrogen and oxygen atoms in total. The second-order valence-corrected chi connectivity index (χ2v) is 4.73. The summed E-state index contributed by atoms with van der Waals surface area (Å²) in [5.41, 5.74) is 6.86. The van der Waals surface area contributed by atoms with Gasteiger partial charge in [-0.05, 0) is 30.7 Å². The van der Waals surface area contributed by atoms with E-state index in [1.54, 1.807) is 0 Å². The molecule has 0 radical (unpaired) electrons. The number of hydrogen-bond acceptors (Lipinski definition) is 2. The molecule has 100 valence electrons. The molecule has 3 N–H and O–H groups in total. The van der Waals surface area contributed by atoms with Crippen molar-refractivity contribution >= 4 is 18.3 Å². The van der Waals surface area contributed by atoms with E-state index < -0.39 is 0 Å². The predicted molar refractivity (Wildman–Crippen MR) is 75.7 cm³/mol. The molecule has 18 heavy (non-hydrogen) atoms. The first kappa shape index (κ1) is 15.0. The molecule has 1 aromatic carbocycles. The van der Waals surface area contributed by atoms with Gasteiger partial charge in [-0.2, -0.15) is 0 Å². The van der Waals surface area contributed by atoms with Gasteiger partial charge in [0.1, 0.15) is 0 Å². The van der Waals surface area contributed by atoms with E-state index in [1.807, 2.05) is 18.2 Å². The van der Waals surface area contributed by atoms with Gasteiger partial charge in [0.25, 0.3) is 0 Å². The number of amides is 1. The van der Waals surface area contributed by atoms with Crippen molar-refractivity contribution in [2.45, 2.75) is 31.7 Å². The van der Waals surface area contributed by atoms with Gasteiger partial charge in [0.2, 0.25) is 5.91 Å². The summed E-state index contributed by atoms with van der Waals surface area (Å²) >= 11 is 0. The molecule has 1 fully saturated rings. The van der Waals surface area contributed by atoms with Crippen LogP contribution in [0.25, 0.3) is 0 Å². The molecule has 1 aliphatic carbocycles. The fourth-order valence-corrected chi connectivity index (χ4v) is 2.05. The summed E-state index contributed by atoms with van der Waals surface area (Å²) in [7, 11) is 0. The number of nitrogens with two attached hydrogens (primary N) is 1. The van der Waals surface area contributed by atoms with Crippen molar-refractivity contribution in [3.8, 4) is 0 Å². The summed E-state index contributed by atoms with van der Waals surface area (Å²) in [4.78, 5) is 11.8. The topological polar surface area (TPSA) is 55.1 Å².